The van der Waals surface area contributed by atoms with Crippen molar-refractivity contribution in [3.05, 3.63) is 23.9 Å². The molecule has 3 rings (SSSR count). The normalized spacial score (nSPS) is 16.7. The highest BCUT2D eigenvalue weighted by atomic mass is 16.5. The predicted molar refractivity (Wildman–Crippen MR) is 73.0 cm³/mol. The Labute approximate surface area is 117 Å². The van der Waals surface area contributed by atoms with Crippen molar-refractivity contribution in [1.82, 2.24) is 14.4 Å². The lowest BCUT2D eigenvalue weighted by molar-refractivity contribution is 0.0834. The van der Waals surface area contributed by atoms with Crippen LogP contribution in [-0.4, -0.2) is 41.8 Å². The zero-order valence-corrected chi connectivity index (χ0v) is 11.8. The first-order chi connectivity index (χ1) is 9.83. The van der Waals surface area contributed by atoms with Gasteiger partial charge < -0.3 is 14.2 Å². The second-order valence-corrected chi connectivity index (χ2v) is 4.93. The van der Waals surface area contributed by atoms with Gasteiger partial charge in [-0.1, -0.05) is 0 Å². The molecule has 1 aliphatic rings. The summed E-state index contributed by atoms with van der Waals surface area (Å²) in [6.45, 7) is 2.05. The van der Waals surface area contributed by atoms with E-state index >= 15 is 0 Å². The Morgan fingerprint density at radius 2 is 2.15 bits per heavy atom. The summed E-state index contributed by atoms with van der Waals surface area (Å²) >= 11 is 0. The molecule has 0 amide bonds. The standard InChI is InChI=1S/C14H19N3O3/c1-18-9-11-8-17-12(14(16-11)19-2)7-15-13(17)10-3-5-20-6-4-10/h7-8,10H,3-6,9H2,1-2H3. The highest BCUT2D eigenvalue weighted by Gasteiger charge is 2.22. The van der Waals surface area contributed by atoms with Crippen molar-refractivity contribution in [2.24, 2.45) is 0 Å². The summed E-state index contributed by atoms with van der Waals surface area (Å²) in [4.78, 5) is 9.01. The van der Waals surface area contributed by atoms with E-state index in [9.17, 15) is 0 Å². The van der Waals surface area contributed by atoms with Crippen molar-refractivity contribution in [3.63, 3.8) is 0 Å². The smallest absolute Gasteiger partial charge is 0.240 e. The summed E-state index contributed by atoms with van der Waals surface area (Å²) in [5.41, 5.74) is 1.73. The van der Waals surface area contributed by atoms with Gasteiger partial charge in [0.15, 0.2) is 0 Å². The van der Waals surface area contributed by atoms with E-state index in [1.54, 1.807) is 14.2 Å². The summed E-state index contributed by atoms with van der Waals surface area (Å²) in [7, 11) is 3.28. The molecule has 2 aromatic rings. The van der Waals surface area contributed by atoms with E-state index in [4.69, 9.17) is 14.2 Å². The molecule has 6 heteroatoms. The first kappa shape index (κ1) is 13.3. The molecule has 1 aliphatic heterocycles. The Hall–Kier alpha value is -1.66. The number of hydrogen-bond acceptors (Lipinski definition) is 5. The predicted octanol–water partition coefficient (Wildman–Crippen LogP) is 1.78. The minimum Gasteiger partial charge on any atom is -0.479 e. The Morgan fingerprint density at radius 3 is 2.85 bits per heavy atom. The van der Waals surface area contributed by atoms with Crippen LogP contribution in [0.5, 0.6) is 5.88 Å². The van der Waals surface area contributed by atoms with Gasteiger partial charge in [0.1, 0.15) is 11.3 Å². The summed E-state index contributed by atoms with van der Waals surface area (Å²) < 4.78 is 18.0. The molecule has 0 N–H and O–H groups in total. The van der Waals surface area contributed by atoms with Crippen molar-refractivity contribution < 1.29 is 14.2 Å². The van der Waals surface area contributed by atoms with Crippen molar-refractivity contribution in [1.29, 1.82) is 0 Å². The van der Waals surface area contributed by atoms with Gasteiger partial charge in [-0.25, -0.2) is 9.97 Å². The van der Waals surface area contributed by atoms with E-state index in [0.717, 1.165) is 43.1 Å². The zero-order chi connectivity index (χ0) is 13.9. The number of rotatable bonds is 4. The molecule has 20 heavy (non-hydrogen) atoms. The quantitative estimate of drug-likeness (QED) is 0.852. The van der Waals surface area contributed by atoms with Crippen LogP contribution < -0.4 is 4.74 Å². The first-order valence-corrected chi connectivity index (χ1v) is 6.81. The van der Waals surface area contributed by atoms with Crippen LogP contribution in [0.2, 0.25) is 0 Å². The molecule has 1 saturated heterocycles. The Balaban J connectivity index is 2.06. The molecule has 1 fully saturated rings. The van der Waals surface area contributed by atoms with Crippen molar-refractivity contribution in [2.45, 2.75) is 25.4 Å². The third-order valence-corrected chi connectivity index (χ3v) is 3.64. The molecular weight excluding hydrogens is 258 g/mol. The lowest BCUT2D eigenvalue weighted by Gasteiger charge is -2.21. The lowest BCUT2D eigenvalue weighted by atomic mass is 10.00. The fourth-order valence-corrected chi connectivity index (χ4v) is 2.66. The molecule has 0 radical (unpaired) electrons. The summed E-state index contributed by atoms with van der Waals surface area (Å²) in [5, 5.41) is 0. The Kier molecular flexibility index (Phi) is 3.84. The Morgan fingerprint density at radius 1 is 1.35 bits per heavy atom. The van der Waals surface area contributed by atoms with Gasteiger partial charge in [0.25, 0.3) is 0 Å². The SMILES string of the molecule is COCc1cn2c(C3CCOCC3)ncc2c(OC)n1. The minimum absolute atomic E-state index is 0.425. The summed E-state index contributed by atoms with van der Waals surface area (Å²) in [5.74, 6) is 2.07. The average molecular weight is 277 g/mol. The molecule has 0 aliphatic carbocycles. The van der Waals surface area contributed by atoms with Gasteiger partial charge in [-0.15, -0.1) is 0 Å². The molecule has 0 bridgehead atoms. The molecule has 0 spiro atoms. The monoisotopic (exact) mass is 277 g/mol. The molecule has 0 aromatic carbocycles. The van der Waals surface area contributed by atoms with E-state index in [1.165, 1.54) is 0 Å². The first-order valence-electron chi connectivity index (χ1n) is 6.81. The summed E-state index contributed by atoms with van der Waals surface area (Å²) in [6.07, 6.45) is 5.82. The number of hydrogen-bond donors (Lipinski definition) is 0. The van der Waals surface area contributed by atoms with Gasteiger partial charge in [-0.3, -0.25) is 4.40 Å². The third kappa shape index (κ3) is 2.36. The summed E-state index contributed by atoms with van der Waals surface area (Å²) in [6, 6.07) is 0. The van der Waals surface area contributed by atoms with Gasteiger partial charge in [0.2, 0.25) is 5.88 Å². The molecular formula is C14H19N3O3. The van der Waals surface area contributed by atoms with Crippen LogP contribution in [0, 0.1) is 0 Å². The van der Waals surface area contributed by atoms with Gasteiger partial charge >= 0.3 is 0 Å². The number of fused-ring (bicyclic) bond motifs is 1. The van der Waals surface area contributed by atoms with E-state index in [0.29, 0.717) is 18.4 Å². The van der Waals surface area contributed by atoms with Crippen LogP contribution in [-0.2, 0) is 16.1 Å². The average Bonchev–Trinajstić information content (AvgIpc) is 2.91. The number of methoxy groups -OCH3 is 2. The van der Waals surface area contributed by atoms with Crippen LogP contribution in [0.4, 0.5) is 0 Å². The zero-order valence-electron chi connectivity index (χ0n) is 11.8. The highest BCUT2D eigenvalue weighted by Crippen LogP contribution is 2.29. The van der Waals surface area contributed by atoms with E-state index in [2.05, 4.69) is 14.4 Å². The van der Waals surface area contributed by atoms with Gasteiger partial charge in [0, 0.05) is 32.4 Å². The largest absolute Gasteiger partial charge is 0.479 e. The van der Waals surface area contributed by atoms with Crippen molar-refractivity contribution in [2.75, 3.05) is 27.4 Å². The Bertz CT molecular complexity index is 591. The molecule has 0 saturated carbocycles. The van der Waals surface area contributed by atoms with Crippen LogP contribution >= 0.6 is 0 Å². The molecule has 3 heterocycles. The van der Waals surface area contributed by atoms with Gasteiger partial charge in [-0.05, 0) is 12.8 Å². The lowest BCUT2D eigenvalue weighted by Crippen LogP contribution is -2.16. The van der Waals surface area contributed by atoms with Crippen molar-refractivity contribution in [3.8, 4) is 5.88 Å². The maximum absolute atomic E-state index is 5.42. The maximum Gasteiger partial charge on any atom is 0.240 e. The molecule has 6 nitrogen and oxygen atoms in total. The highest BCUT2D eigenvalue weighted by molar-refractivity contribution is 5.56. The van der Waals surface area contributed by atoms with Gasteiger partial charge in [0.05, 0.1) is 25.6 Å². The number of imidazole rings is 1. The van der Waals surface area contributed by atoms with Crippen LogP contribution in [0.1, 0.15) is 30.3 Å². The third-order valence-electron chi connectivity index (χ3n) is 3.64. The molecule has 108 valence electrons. The number of ether oxygens (including phenoxy) is 3. The second-order valence-electron chi connectivity index (χ2n) is 4.93. The van der Waals surface area contributed by atoms with Crippen molar-refractivity contribution >= 4 is 5.52 Å². The fraction of sp³-hybridized carbons (Fsp3) is 0.571. The molecule has 2 aromatic heterocycles. The van der Waals surface area contributed by atoms with Crippen LogP contribution in [0.15, 0.2) is 12.4 Å². The molecule has 0 unspecified atom stereocenters. The molecule has 0 atom stereocenters. The topological polar surface area (TPSA) is 57.9 Å². The van der Waals surface area contributed by atoms with Crippen LogP contribution in [0.3, 0.4) is 0 Å². The fourth-order valence-electron chi connectivity index (χ4n) is 2.66. The number of aromatic nitrogens is 3. The van der Waals surface area contributed by atoms with Gasteiger partial charge in [-0.2, -0.15) is 0 Å². The van der Waals surface area contributed by atoms with E-state index < -0.39 is 0 Å². The second kappa shape index (κ2) is 5.76. The number of nitrogens with zero attached hydrogens (tertiary/aromatic N) is 3. The van der Waals surface area contributed by atoms with Crippen LogP contribution in [0.25, 0.3) is 5.52 Å². The minimum atomic E-state index is 0.425. The van der Waals surface area contributed by atoms with E-state index in [-0.39, 0.29) is 0 Å². The van der Waals surface area contributed by atoms with E-state index in [1.807, 2.05) is 12.4 Å². The maximum atomic E-state index is 5.42.